The first-order valence-corrected chi connectivity index (χ1v) is 7.94. The van der Waals surface area contributed by atoms with Gasteiger partial charge in [-0.1, -0.05) is 25.1 Å². The van der Waals surface area contributed by atoms with Gasteiger partial charge in [0.25, 0.3) is 0 Å². The van der Waals surface area contributed by atoms with Crippen LogP contribution in [0.1, 0.15) is 36.8 Å². The molecule has 0 radical (unpaired) electrons. The quantitative estimate of drug-likeness (QED) is 0.647. The molecule has 1 aromatic heterocycles. The first-order valence-electron chi connectivity index (χ1n) is 7.94. The number of nitrogens with zero attached hydrogens (tertiary/aromatic N) is 2. The van der Waals surface area contributed by atoms with Crippen molar-refractivity contribution in [3.63, 3.8) is 0 Å². The highest BCUT2D eigenvalue weighted by molar-refractivity contribution is 5.79. The van der Waals surface area contributed by atoms with E-state index in [0.717, 1.165) is 28.5 Å². The number of hydrogen-bond donors (Lipinski definition) is 2. The van der Waals surface area contributed by atoms with Crippen LogP contribution in [-0.2, 0) is 13.1 Å². The summed E-state index contributed by atoms with van der Waals surface area (Å²) in [5, 5.41) is 10.5. The molecule has 128 valence electrons. The van der Waals surface area contributed by atoms with Crippen LogP contribution in [0, 0.1) is 0 Å². The first-order chi connectivity index (χ1) is 11.7. The van der Waals surface area contributed by atoms with Crippen LogP contribution >= 0.6 is 0 Å². The minimum Gasteiger partial charge on any atom is -0.454 e. The molecule has 0 saturated carbocycles. The summed E-state index contributed by atoms with van der Waals surface area (Å²) in [6.07, 6.45) is 0. The number of aromatic nitrogens is 1. The highest BCUT2D eigenvalue weighted by Crippen LogP contribution is 2.32. The van der Waals surface area contributed by atoms with Crippen molar-refractivity contribution in [2.24, 2.45) is 4.99 Å². The second kappa shape index (κ2) is 7.25. The number of rotatable bonds is 5. The smallest absolute Gasteiger partial charge is 0.231 e. The minimum absolute atomic E-state index is 0.283. The fourth-order valence-corrected chi connectivity index (χ4v) is 2.31. The zero-order chi connectivity index (χ0) is 16.9. The number of fused-ring (bicyclic) bond motifs is 1. The standard InChI is InChI=1S/C17H22N4O3/c1-11(2)14-7-13(24-21-14)9-20-17(18-3)19-8-12-4-5-15-16(6-12)23-10-22-15/h4-7,11H,8-10H2,1-3H3,(H2,18,19,20). The number of guanidine groups is 1. The van der Waals surface area contributed by atoms with E-state index in [1.807, 2.05) is 24.3 Å². The topological polar surface area (TPSA) is 80.9 Å². The zero-order valence-corrected chi connectivity index (χ0v) is 14.1. The van der Waals surface area contributed by atoms with E-state index in [-0.39, 0.29) is 6.79 Å². The number of aliphatic imine (C=N–C) groups is 1. The molecule has 0 unspecified atom stereocenters. The van der Waals surface area contributed by atoms with Gasteiger partial charge in [-0.15, -0.1) is 0 Å². The molecule has 0 aliphatic carbocycles. The Labute approximate surface area is 141 Å². The fourth-order valence-electron chi connectivity index (χ4n) is 2.31. The normalized spacial score (nSPS) is 13.4. The van der Waals surface area contributed by atoms with Crippen LogP contribution in [0.4, 0.5) is 0 Å². The Morgan fingerprint density at radius 3 is 2.71 bits per heavy atom. The monoisotopic (exact) mass is 330 g/mol. The highest BCUT2D eigenvalue weighted by atomic mass is 16.7. The van der Waals surface area contributed by atoms with Crippen molar-refractivity contribution >= 4 is 5.96 Å². The molecule has 2 heterocycles. The second-order valence-corrected chi connectivity index (χ2v) is 5.84. The third-order valence-electron chi connectivity index (χ3n) is 3.72. The van der Waals surface area contributed by atoms with Crippen molar-refractivity contribution in [1.82, 2.24) is 15.8 Å². The van der Waals surface area contributed by atoms with Crippen molar-refractivity contribution in [2.75, 3.05) is 13.8 Å². The Morgan fingerprint density at radius 2 is 1.96 bits per heavy atom. The van der Waals surface area contributed by atoms with Crippen LogP contribution in [0.2, 0.25) is 0 Å². The number of hydrogen-bond acceptors (Lipinski definition) is 5. The number of benzene rings is 1. The molecule has 2 aromatic rings. The molecule has 1 aromatic carbocycles. The summed E-state index contributed by atoms with van der Waals surface area (Å²) in [6, 6.07) is 7.84. The van der Waals surface area contributed by atoms with E-state index in [1.54, 1.807) is 7.05 Å². The van der Waals surface area contributed by atoms with Crippen molar-refractivity contribution in [3.8, 4) is 11.5 Å². The molecule has 3 rings (SSSR count). The lowest BCUT2D eigenvalue weighted by Gasteiger charge is -2.11. The van der Waals surface area contributed by atoms with E-state index >= 15 is 0 Å². The molecule has 2 N–H and O–H groups in total. The SMILES string of the molecule is CN=C(NCc1ccc2c(c1)OCO2)NCc1cc(C(C)C)no1. The highest BCUT2D eigenvalue weighted by Gasteiger charge is 2.13. The number of ether oxygens (including phenoxy) is 2. The Bertz CT molecular complexity index is 724. The molecule has 0 fully saturated rings. The van der Waals surface area contributed by atoms with Gasteiger partial charge < -0.3 is 24.6 Å². The van der Waals surface area contributed by atoms with Gasteiger partial charge in [0.1, 0.15) is 0 Å². The van der Waals surface area contributed by atoms with E-state index in [2.05, 4.69) is 34.6 Å². The summed E-state index contributed by atoms with van der Waals surface area (Å²) < 4.78 is 16.0. The molecule has 24 heavy (non-hydrogen) atoms. The fraction of sp³-hybridized carbons (Fsp3) is 0.412. The Hall–Kier alpha value is -2.70. The maximum atomic E-state index is 5.38. The first kappa shape index (κ1) is 16.2. The Kier molecular flexibility index (Phi) is 4.88. The second-order valence-electron chi connectivity index (χ2n) is 5.84. The summed E-state index contributed by atoms with van der Waals surface area (Å²) in [6.45, 7) is 5.61. The summed E-state index contributed by atoms with van der Waals surface area (Å²) >= 11 is 0. The third kappa shape index (κ3) is 3.79. The van der Waals surface area contributed by atoms with E-state index in [4.69, 9.17) is 14.0 Å². The molecule has 0 spiro atoms. The molecular formula is C17H22N4O3. The van der Waals surface area contributed by atoms with Crippen LogP contribution in [0.15, 0.2) is 33.8 Å². The molecule has 0 amide bonds. The average molecular weight is 330 g/mol. The van der Waals surface area contributed by atoms with Crippen molar-refractivity contribution in [2.45, 2.75) is 32.9 Å². The van der Waals surface area contributed by atoms with Gasteiger partial charge in [0.15, 0.2) is 23.2 Å². The summed E-state index contributed by atoms with van der Waals surface area (Å²) in [5.74, 6) is 3.39. The van der Waals surface area contributed by atoms with E-state index in [0.29, 0.717) is 25.0 Å². The van der Waals surface area contributed by atoms with Gasteiger partial charge >= 0.3 is 0 Å². The number of nitrogens with one attached hydrogen (secondary N) is 2. The summed E-state index contributed by atoms with van der Waals surface area (Å²) in [5.41, 5.74) is 2.04. The zero-order valence-electron chi connectivity index (χ0n) is 14.1. The van der Waals surface area contributed by atoms with Gasteiger partial charge in [0.2, 0.25) is 6.79 Å². The van der Waals surface area contributed by atoms with Crippen LogP contribution in [0.3, 0.4) is 0 Å². The van der Waals surface area contributed by atoms with Crippen LogP contribution in [0.25, 0.3) is 0 Å². The van der Waals surface area contributed by atoms with Gasteiger partial charge in [-0.25, -0.2) is 0 Å². The molecule has 7 heteroatoms. The molecular weight excluding hydrogens is 308 g/mol. The van der Waals surface area contributed by atoms with Gasteiger partial charge in [-0.2, -0.15) is 0 Å². The summed E-state index contributed by atoms with van der Waals surface area (Å²) in [7, 11) is 1.73. The van der Waals surface area contributed by atoms with Gasteiger partial charge in [0, 0.05) is 19.7 Å². The average Bonchev–Trinajstić information content (AvgIpc) is 3.23. The maximum absolute atomic E-state index is 5.38. The molecule has 1 aliphatic heterocycles. The van der Waals surface area contributed by atoms with Gasteiger partial charge in [-0.3, -0.25) is 4.99 Å². The Balaban J connectivity index is 1.51. The molecule has 0 saturated heterocycles. The third-order valence-corrected chi connectivity index (χ3v) is 3.72. The Morgan fingerprint density at radius 1 is 1.17 bits per heavy atom. The predicted octanol–water partition coefficient (Wildman–Crippen LogP) is 2.39. The maximum Gasteiger partial charge on any atom is 0.231 e. The van der Waals surface area contributed by atoms with Crippen molar-refractivity contribution in [3.05, 3.63) is 41.3 Å². The van der Waals surface area contributed by atoms with Crippen LogP contribution in [0.5, 0.6) is 11.5 Å². The van der Waals surface area contributed by atoms with E-state index < -0.39 is 0 Å². The molecule has 0 bridgehead atoms. The lowest BCUT2D eigenvalue weighted by atomic mass is 10.1. The minimum atomic E-state index is 0.283. The van der Waals surface area contributed by atoms with Crippen LogP contribution in [-0.4, -0.2) is 25.0 Å². The van der Waals surface area contributed by atoms with Crippen molar-refractivity contribution in [1.29, 1.82) is 0 Å². The molecule has 0 atom stereocenters. The largest absolute Gasteiger partial charge is 0.454 e. The molecule has 1 aliphatic rings. The van der Waals surface area contributed by atoms with Crippen molar-refractivity contribution < 1.29 is 14.0 Å². The van der Waals surface area contributed by atoms with Gasteiger partial charge in [-0.05, 0) is 23.6 Å². The molecule has 7 nitrogen and oxygen atoms in total. The predicted molar refractivity (Wildman–Crippen MR) is 90.2 cm³/mol. The van der Waals surface area contributed by atoms with Gasteiger partial charge in [0.05, 0.1) is 12.2 Å². The van der Waals surface area contributed by atoms with E-state index in [1.165, 1.54) is 0 Å². The van der Waals surface area contributed by atoms with E-state index in [9.17, 15) is 0 Å². The lowest BCUT2D eigenvalue weighted by Crippen LogP contribution is -2.36. The lowest BCUT2D eigenvalue weighted by molar-refractivity contribution is 0.174. The summed E-state index contributed by atoms with van der Waals surface area (Å²) in [4.78, 5) is 4.21. The van der Waals surface area contributed by atoms with Crippen LogP contribution < -0.4 is 20.1 Å².